The van der Waals surface area contributed by atoms with Crippen LogP contribution in [0.15, 0.2) is 53.0 Å². The molecule has 134 valence electrons. The lowest BCUT2D eigenvalue weighted by atomic mass is 9.86. The van der Waals surface area contributed by atoms with Crippen molar-refractivity contribution in [3.8, 4) is 0 Å². The van der Waals surface area contributed by atoms with Gasteiger partial charge in [0, 0.05) is 22.0 Å². The van der Waals surface area contributed by atoms with Crippen LogP contribution in [0.3, 0.4) is 0 Å². The van der Waals surface area contributed by atoms with Gasteiger partial charge in [0.2, 0.25) is 0 Å². The van der Waals surface area contributed by atoms with Crippen molar-refractivity contribution < 1.29 is 14.3 Å². The topological polar surface area (TPSA) is 35.5 Å². The van der Waals surface area contributed by atoms with Crippen LogP contribution < -0.4 is 0 Å². The summed E-state index contributed by atoms with van der Waals surface area (Å²) in [4.78, 5) is 11.9. The van der Waals surface area contributed by atoms with E-state index in [0.717, 1.165) is 22.0 Å². The molecule has 5 heteroatoms. The zero-order valence-corrected chi connectivity index (χ0v) is 16.7. The lowest BCUT2D eigenvalue weighted by Gasteiger charge is -2.27. The first-order valence-electron chi connectivity index (χ1n) is 8.21. The van der Waals surface area contributed by atoms with Crippen molar-refractivity contribution in [2.24, 2.45) is 0 Å². The van der Waals surface area contributed by atoms with Crippen molar-refractivity contribution in [2.45, 2.75) is 31.8 Å². The van der Waals surface area contributed by atoms with Gasteiger partial charge in [0.25, 0.3) is 0 Å². The van der Waals surface area contributed by atoms with Crippen molar-refractivity contribution in [1.29, 1.82) is 0 Å². The van der Waals surface area contributed by atoms with E-state index in [9.17, 15) is 4.79 Å². The van der Waals surface area contributed by atoms with Crippen molar-refractivity contribution in [3.63, 3.8) is 0 Å². The summed E-state index contributed by atoms with van der Waals surface area (Å²) in [5.41, 5.74) is 2.27. The van der Waals surface area contributed by atoms with Crippen LogP contribution in [-0.4, -0.2) is 25.8 Å². The Labute approximate surface area is 162 Å². The Balaban J connectivity index is 2.32. The summed E-state index contributed by atoms with van der Waals surface area (Å²) in [5.74, 6) is -0.231. The molecule has 0 aliphatic heterocycles. The summed E-state index contributed by atoms with van der Waals surface area (Å²) in [6.07, 6.45) is 0.716. The van der Waals surface area contributed by atoms with E-state index in [1.807, 2.05) is 43.3 Å². The molecule has 25 heavy (non-hydrogen) atoms. The number of hydrogen-bond donors (Lipinski definition) is 0. The molecule has 0 amide bonds. The zero-order chi connectivity index (χ0) is 18.2. The lowest BCUT2D eigenvalue weighted by Crippen LogP contribution is -2.28. The second kappa shape index (κ2) is 9.95. The van der Waals surface area contributed by atoms with Crippen LogP contribution in [-0.2, 0) is 20.7 Å². The van der Waals surface area contributed by atoms with E-state index in [4.69, 9.17) is 21.1 Å². The average molecular weight is 426 g/mol. The van der Waals surface area contributed by atoms with Gasteiger partial charge >= 0.3 is 5.97 Å². The molecule has 3 nitrogen and oxygen atoms in total. The van der Waals surface area contributed by atoms with Crippen molar-refractivity contribution in [2.75, 3.05) is 13.7 Å². The van der Waals surface area contributed by atoms with Crippen LogP contribution in [0.1, 0.15) is 30.4 Å². The summed E-state index contributed by atoms with van der Waals surface area (Å²) in [5, 5.41) is 0.708. The Morgan fingerprint density at radius 2 is 1.76 bits per heavy atom. The second-order valence-corrected chi connectivity index (χ2v) is 7.11. The smallest absolute Gasteiger partial charge is 0.308 e. The van der Waals surface area contributed by atoms with Crippen molar-refractivity contribution in [3.05, 3.63) is 69.2 Å². The Hall–Kier alpha value is -1.36. The molecule has 0 aliphatic rings. The number of carbonyl (C=O) groups is 1. The number of carbonyl (C=O) groups excluding carboxylic acids is 1. The quantitative estimate of drug-likeness (QED) is 0.531. The van der Waals surface area contributed by atoms with E-state index in [1.54, 1.807) is 0 Å². The highest BCUT2D eigenvalue weighted by atomic mass is 79.9. The number of hydrogen-bond acceptors (Lipinski definition) is 3. The summed E-state index contributed by atoms with van der Waals surface area (Å²) < 4.78 is 11.8. The maximum Gasteiger partial charge on any atom is 0.308 e. The maximum absolute atomic E-state index is 11.9. The number of halogens is 2. The first kappa shape index (κ1) is 20.0. The van der Waals surface area contributed by atoms with Gasteiger partial charge in [-0.15, -0.1) is 0 Å². The summed E-state index contributed by atoms with van der Waals surface area (Å²) in [6.45, 7) is 2.47. The minimum absolute atomic E-state index is 0.0355. The minimum Gasteiger partial charge on any atom is -0.469 e. The van der Waals surface area contributed by atoms with Gasteiger partial charge in [0.05, 0.1) is 19.6 Å². The fourth-order valence-corrected chi connectivity index (χ4v) is 3.22. The maximum atomic E-state index is 11.9. The Kier molecular flexibility index (Phi) is 7.94. The number of methoxy groups -OCH3 is 1. The van der Waals surface area contributed by atoms with E-state index < -0.39 is 0 Å². The van der Waals surface area contributed by atoms with Crippen LogP contribution in [0.4, 0.5) is 0 Å². The van der Waals surface area contributed by atoms with Crippen molar-refractivity contribution >= 4 is 33.5 Å². The molecule has 0 N–H and O–H groups in total. The molecule has 0 bridgehead atoms. The number of ether oxygens (including phenoxy) is 2. The molecule has 0 aromatic heterocycles. The van der Waals surface area contributed by atoms with Crippen LogP contribution in [0.5, 0.6) is 0 Å². The van der Waals surface area contributed by atoms with E-state index in [0.29, 0.717) is 11.6 Å². The highest BCUT2D eigenvalue weighted by Gasteiger charge is 2.27. The molecule has 0 aliphatic carbocycles. The first-order valence-corrected chi connectivity index (χ1v) is 9.39. The minimum atomic E-state index is -0.267. The Bertz CT molecular complexity index is 670. The molecule has 2 atom stereocenters. The fourth-order valence-electron chi connectivity index (χ4n) is 2.83. The molecule has 0 saturated carbocycles. The predicted octanol–water partition coefficient (Wildman–Crippen LogP) is 5.40. The summed E-state index contributed by atoms with van der Waals surface area (Å²) in [6, 6.07) is 15.9. The Morgan fingerprint density at radius 1 is 1.12 bits per heavy atom. The first-order chi connectivity index (χ1) is 12.0. The Morgan fingerprint density at radius 3 is 2.32 bits per heavy atom. The van der Waals surface area contributed by atoms with E-state index >= 15 is 0 Å². The second-order valence-electron chi connectivity index (χ2n) is 5.76. The molecule has 0 fully saturated rings. The zero-order valence-electron chi connectivity index (χ0n) is 14.4. The average Bonchev–Trinajstić information content (AvgIpc) is 2.61. The number of esters is 1. The van der Waals surface area contributed by atoms with E-state index in [1.165, 1.54) is 7.11 Å². The van der Waals surface area contributed by atoms with Gasteiger partial charge < -0.3 is 9.47 Å². The van der Waals surface area contributed by atoms with Gasteiger partial charge in [-0.05, 0) is 48.7 Å². The third-order valence-electron chi connectivity index (χ3n) is 4.09. The summed E-state index contributed by atoms with van der Waals surface area (Å²) >= 11 is 9.46. The highest BCUT2D eigenvalue weighted by molar-refractivity contribution is 9.10. The largest absolute Gasteiger partial charge is 0.469 e. The molecule has 0 radical (unpaired) electrons. The van der Waals surface area contributed by atoms with Crippen LogP contribution in [0.2, 0.25) is 5.02 Å². The van der Waals surface area contributed by atoms with Gasteiger partial charge in [0.1, 0.15) is 0 Å². The van der Waals surface area contributed by atoms with Gasteiger partial charge in [-0.25, -0.2) is 0 Å². The van der Waals surface area contributed by atoms with Crippen LogP contribution >= 0.6 is 27.5 Å². The van der Waals surface area contributed by atoms with Gasteiger partial charge in [-0.1, -0.05) is 51.8 Å². The molecule has 0 unspecified atom stereocenters. The molecule has 0 heterocycles. The molecule has 2 aromatic rings. The van der Waals surface area contributed by atoms with Gasteiger partial charge in [0.15, 0.2) is 0 Å². The van der Waals surface area contributed by atoms with Crippen LogP contribution in [0.25, 0.3) is 0 Å². The molecule has 2 rings (SSSR count). The predicted molar refractivity (Wildman–Crippen MR) is 104 cm³/mol. The highest BCUT2D eigenvalue weighted by Crippen LogP contribution is 2.30. The third-order valence-corrected chi connectivity index (χ3v) is 4.87. The molecular weight excluding hydrogens is 404 g/mol. The third kappa shape index (κ3) is 6.14. The fraction of sp³-hybridized carbons (Fsp3) is 0.350. The number of benzene rings is 2. The van der Waals surface area contributed by atoms with E-state index in [2.05, 4.69) is 28.1 Å². The monoisotopic (exact) mass is 424 g/mol. The standard InChI is InChI=1S/C20H22BrClO3/c1-3-25-19(13-20(23)24-2)18(15-6-8-16(21)9-7-15)12-14-4-10-17(22)11-5-14/h4-11,18-19H,3,12-13H2,1-2H3/t18-,19-/m1/s1. The number of rotatable bonds is 8. The molecule has 0 saturated heterocycles. The lowest BCUT2D eigenvalue weighted by molar-refractivity contribution is -0.144. The SMILES string of the molecule is CCO[C@H](CC(=O)OC)[C@H](Cc1ccc(Cl)cc1)c1ccc(Br)cc1. The summed E-state index contributed by atoms with van der Waals surface area (Å²) in [7, 11) is 1.40. The van der Waals surface area contributed by atoms with Gasteiger partial charge in [-0.3, -0.25) is 4.79 Å². The normalized spacial score (nSPS) is 13.3. The van der Waals surface area contributed by atoms with Crippen molar-refractivity contribution in [1.82, 2.24) is 0 Å². The molecule has 0 spiro atoms. The molecule has 2 aromatic carbocycles. The van der Waals surface area contributed by atoms with E-state index in [-0.39, 0.29) is 24.4 Å². The van der Waals surface area contributed by atoms with Gasteiger partial charge in [-0.2, -0.15) is 0 Å². The van der Waals surface area contributed by atoms with Crippen LogP contribution in [0, 0.1) is 0 Å². The molecular formula is C20H22BrClO3.